The molecule has 0 fully saturated rings. The van der Waals surface area contributed by atoms with E-state index in [2.05, 4.69) is 11.0 Å². The van der Waals surface area contributed by atoms with E-state index in [0.717, 1.165) is 11.4 Å². The first-order valence-electron chi connectivity index (χ1n) is 5.48. The molecular weight excluding hydrogens is 244 g/mol. The van der Waals surface area contributed by atoms with Gasteiger partial charge in [0.1, 0.15) is 0 Å². The van der Waals surface area contributed by atoms with Gasteiger partial charge in [-0.1, -0.05) is 36.4 Å². The van der Waals surface area contributed by atoms with E-state index in [-0.39, 0.29) is 5.11 Å². The summed E-state index contributed by atoms with van der Waals surface area (Å²) in [4.78, 5) is 0. The molecule has 0 aromatic heterocycles. The van der Waals surface area contributed by atoms with Crippen LogP contribution >= 0.6 is 12.2 Å². The summed E-state index contributed by atoms with van der Waals surface area (Å²) in [6, 6.07) is 19.3. The van der Waals surface area contributed by atoms with E-state index in [1.165, 1.54) is 0 Å². The highest BCUT2D eigenvalue weighted by Gasteiger charge is 2.07. The Balaban J connectivity index is 2.06. The summed E-state index contributed by atoms with van der Waals surface area (Å²) in [5.41, 5.74) is 13.5. The minimum atomic E-state index is 0.240. The fourth-order valence-corrected chi connectivity index (χ4v) is 1.62. The lowest BCUT2D eigenvalue weighted by Crippen LogP contribution is -2.48. The number of hydrazine groups is 2. The van der Waals surface area contributed by atoms with E-state index in [9.17, 15) is 0 Å². The van der Waals surface area contributed by atoms with Crippen molar-refractivity contribution in [1.29, 1.82) is 0 Å². The van der Waals surface area contributed by atoms with E-state index in [1.807, 2.05) is 60.7 Å². The van der Waals surface area contributed by atoms with Crippen molar-refractivity contribution in [3.8, 4) is 0 Å². The fraction of sp³-hybridized carbons (Fsp3) is 0. The molecular formula is C13H14N4S. The summed E-state index contributed by atoms with van der Waals surface area (Å²) in [5.74, 6) is 0. The molecule has 4 N–H and O–H groups in total. The fourth-order valence-electron chi connectivity index (χ4n) is 1.47. The second-order valence-electron chi connectivity index (χ2n) is 3.61. The molecule has 0 radical (unpaired) electrons. The Kier molecular flexibility index (Phi) is 4.11. The van der Waals surface area contributed by atoms with Gasteiger partial charge in [-0.15, -0.1) is 5.53 Å². The maximum absolute atomic E-state index is 5.69. The van der Waals surface area contributed by atoms with Crippen molar-refractivity contribution in [2.24, 2.45) is 5.73 Å². The molecule has 2 rings (SSSR count). The van der Waals surface area contributed by atoms with Crippen LogP contribution in [0.2, 0.25) is 0 Å². The van der Waals surface area contributed by atoms with Crippen LogP contribution < -0.4 is 21.7 Å². The third-order valence-corrected chi connectivity index (χ3v) is 2.50. The normalized spacial score (nSPS) is 9.78. The van der Waals surface area contributed by atoms with E-state index in [1.54, 1.807) is 5.01 Å². The predicted molar refractivity (Wildman–Crippen MR) is 78.9 cm³/mol. The molecule has 0 aliphatic heterocycles. The summed E-state index contributed by atoms with van der Waals surface area (Å²) in [6.07, 6.45) is 0. The van der Waals surface area contributed by atoms with Gasteiger partial charge >= 0.3 is 0 Å². The number of hydrogen-bond donors (Lipinski definition) is 3. The Morgan fingerprint density at radius 3 is 2.06 bits per heavy atom. The molecule has 0 saturated heterocycles. The molecule has 4 nitrogen and oxygen atoms in total. The molecule has 0 saturated carbocycles. The lowest BCUT2D eigenvalue weighted by molar-refractivity contribution is 0.842. The summed E-state index contributed by atoms with van der Waals surface area (Å²) in [6.45, 7) is 0. The van der Waals surface area contributed by atoms with Crippen LogP contribution in [0.3, 0.4) is 0 Å². The number of hydrogen-bond acceptors (Lipinski definition) is 3. The van der Waals surface area contributed by atoms with Crippen molar-refractivity contribution in [3.63, 3.8) is 0 Å². The molecule has 0 atom stereocenters. The number of thiocarbonyl (C=S) groups is 1. The van der Waals surface area contributed by atoms with Crippen molar-refractivity contribution in [2.45, 2.75) is 0 Å². The molecule has 0 spiro atoms. The zero-order chi connectivity index (χ0) is 12.8. The zero-order valence-corrected chi connectivity index (χ0v) is 10.5. The molecule has 0 bridgehead atoms. The Bertz CT molecular complexity index is 501. The second-order valence-corrected chi connectivity index (χ2v) is 4.03. The molecule has 0 heterocycles. The van der Waals surface area contributed by atoms with Crippen molar-refractivity contribution >= 4 is 28.7 Å². The van der Waals surface area contributed by atoms with Crippen LogP contribution in [0.4, 0.5) is 11.4 Å². The molecule has 0 unspecified atom stereocenters. The zero-order valence-electron chi connectivity index (χ0n) is 9.71. The van der Waals surface area contributed by atoms with Crippen molar-refractivity contribution < 1.29 is 0 Å². The number of nitrogens with two attached hydrogens (primary N) is 1. The maximum atomic E-state index is 5.69. The highest BCUT2D eigenvalue weighted by Crippen LogP contribution is 2.11. The number of para-hydroxylation sites is 2. The minimum absolute atomic E-state index is 0.240. The van der Waals surface area contributed by atoms with E-state index < -0.39 is 0 Å². The van der Waals surface area contributed by atoms with Gasteiger partial charge < -0.3 is 11.2 Å². The lowest BCUT2D eigenvalue weighted by atomic mass is 10.3. The van der Waals surface area contributed by atoms with Crippen molar-refractivity contribution in [2.75, 3.05) is 10.4 Å². The number of benzene rings is 2. The number of anilines is 2. The molecule has 5 heteroatoms. The Labute approximate surface area is 111 Å². The van der Waals surface area contributed by atoms with Gasteiger partial charge in [-0.25, -0.2) is 5.01 Å². The van der Waals surface area contributed by atoms with Gasteiger partial charge in [-0.2, -0.15) is 0 Å². The highest BCUT2D eigenvalue weighted by atomic mass is 32.1. The summed E-state index contributed by atoms with van der Waals surface area (Å²) in [5, 5.41) is 1.84. The molecule has 92 valence electrons. The molecule has 0 aliphatic carbocycles. The Morgan fingerprint density at radius 1 is 0.944 bits per heavy atom. The van der Waals surface area contributed by atoms with Gasteiger partial charge in [0, 0.05) is 0 Å². The van der Waals surface area contributed by atoms with Crippen molar-refractivity contribution in [3.05, 3.63) is 60.7 Å². The first kappa shape index (κ1) is 12.3. The smallest absolute Gasteiger partial charge is 0.187 e. The van der Waals surface area contributed by atoms with Gasteiger partial charge in [0.15, 0.2) is 5.11 Å². The highest BCUT2D eigenvalue weighted by molar-refractivity contribution is 7.80. The number of nitrogens with zero attached hydrogens (tertiary/aromatic N) is 1. The monoisotopic (exact) mass is 258 g/mol. The maximum Gasteiger partial charge on any atom is 0.187 e. The van der Waals surface area contributed by atoms with Crippen LogP contribution in [0.5, 0.6) is 0 Å². The predicted octanol–water partition coefficient (Wildman–Crippen LogP) is 2.27. The van der Waals surface area contributed by atoms with E-state index in [0.29, 0.717) is 0 Å². The van der Waals surface area contributed by atoms with Crippen LogP contribution in [0.1, 0.15) is 0 Å². The molecule has 0 amide bonds. The topological polar surface area (TPSA) is 53.3 Å². The minimum Gasteiger partial charge on any atom is -0.375 e. The second kappa shape index (κ2) is 6.00. The first-order valence-corrected chi connectivity index (χ1v) is 5.89. The van der Waals surface area contributed by atoms with Crippen LogP contribution in [-0.4, -0.2) is 5.11 Å². The van der Waals surface area contributed by atoms with Crippen LogP contribution in [0.15, 0.2) is 60.7 Å². The van der Waals surface area contributed by atoms with E-state index >= 15 is 0 Å². The van der Waals surface area contributed by atoms with Gasteiger partial charge in [-0.3, -0.25) is 0 Å². The number of nitrogens with one attached hydrogen (secondary N) is 2. The van der Waals surface area contributed by atoms with Crippen LogP contribution in [0, 0.1) is 0 Å². The third kappa shape index (κ3) is 3.19. The van der Waals surface area contributed by atoms with Gasteiger partial charge in [0.25, 0.3) is 0 Å². The first-order chi connectivity index (χ1) is 8.77. The number of rotatable bonds is 4. The summed E-state index contributed by atoms with van der Waals surface area (Å²) < 4.78 is 0. The molecule has 0 aliphatic rings. The summed E-state index contributed by atoms with van der Waals surface area (Å²) in [7, 11) is 0. The van der Waals surface area contributed by atoms with Crippen LogP contribution in [-0.2, 0) is 0 Å². The molecule has 2 aromatic carbocycles. The standard InChI is InChI=1S/C13H14N4S/c14-13(18)17(12-9-5-2-6-10-12)16-15-11-7-3-1-4-8-11/h1-10,15-16H,(H2,14,18). The Hall–Kier alpha value is -2.11. The van der Waals surface area contributed by atoms with Gasteiger partial charge in [0.2, 0.25) is 0 Å². The quantitative estimate of drug-likeness (QED) is 0.580. The van der Waals surface area contributed by atoms with Gasteiger partial charge in [-0.05, 0) is 36.5 Å². The van der Waals surface area contributed by atoms with Crippen LogP contribution in [0.25, 0.3) is 0 Å². The Morgan fingerprint density at radius 2 is 1.50 bits per heavy atom. The molecule has 18 heavy (non-hydrogen) atoms. The van der Waals surface area contributed by atoms with Gasteiger partial charge in [0.05, 0.1) is 11.4 Å². The average molecular weight is 258 g/mol. The lowest BCUT2D eigenvalue weighted by Gasteiger charge is -2.24. The summed E-state index contributed by atoms with van der Waals surface area (Å²) >= 11 is 5.02. The molecule has 2 aromatic rings. The third-order valence-electron chi connectivity index (χ3n) is 2.32. The largest absolute Gasteiger partial charge is 0.375 e. The SMILES string of the molecule is NC(=S)N(NNc1ccccc1)c1ccccc1. The van der Waals surface area contributed by atoms with E-state index in [4.69, 9.17) is 18.0 Å². The average Bonchev–Trinajstić information content (AvgIpc) is 2.41. The van der Waals surface area contributed by atoms with Crippen molar-refractivity contribution in [1.82, 2.24) is 5.53 Å².